The van der Waals surface area contributed by atoms with Gasteiger partial charge in [-0.3, -0.25) is 9.13 Å². The van der Waals surface area contributed by atoms with E-state index in [4.69, 9.17) is 0 Å². The van der Waals surface area contributed by atoms with Gasteiger partial charge in [-0.2, -0.15) is 0 Å². The van der Waals surface area contributed by atoms with Crippen molar-refractivity contribution in [2.45, 2.75) is 20.0 Å². The van der Waals surface area contributed by atoms with Crippen LogP contribution in [0.2, 0.25) is 0 Å². The number of nitrogens with zero attached hydrogens (tertiary/aromatic N) is 2. The van der Waals surface area contributed by atoms with Crippen LogP contribution in [0.3, 0.4) is 0 Å². The van der Waals surface area contributed by atoms with E-state index in [1.807, 2.05) is 31.2 Å². The topological polar surface area (TPSA) is 26.9 Å². The minimum atomic E-state index is 0.0179. The molecule has 0 aliphatic heterocycles. The lowest BCUT2D eigenvalue weighted by Gasteiger charge is -1.99. The molecule has 84 valence electrons. The molecule has 0 saturated heterocycles. The Bertz CT molecular complexity index is 595. The van der Waals surface area contributed by atoms with Crippen LogP contribution in [-0.4, -0.2) is 9.13 Å². The van der Waals surface area contributed by atoms with Gasteiger partial charge in [-0.25, -0.2) is 4.79 Å². The molecule has 0 spiro atoms. The maximum atomic E-state index is 12.1. The number of hydrogen-bond donors (Lipinski definition) is 0. The molecule has 0 fully saturated rings. The van der Waals surface area contributed by atoms with Crippen LogP contribution in [0, 0.1) is 0 Å². The summed E-state index contributed by atoms with van der Waals surface area (Å²) in [5.74, 6) is 0. The van der Waals surface area contributed by atoms with Crippen molar-refractivity contribution in [2.24, 2.45) is 0 Å². The highest BCUT2D eigenvalue weighted by molar-refractivity contribution is 9.11. The van der Waals surface area contributed by atoms with Crippen molar-refractivity contribution in [3.63, 3.8) is 0 Å². The first-order chi connectivity index (χ1) is 7.65. The molecule has 2 rings (SSSR count). The van der Waals surface area contributed by atoms with Gasteiger partial charge in [0.05, 0.1) is 17.6 Å². The van der Waals surface area contributed by atoms with Crippen LogP contribution in [0.4, 0.5) is 0 Å². The fraction of sp³-hybridized carbons (Fsp3) is 0.250. The molecule has 0 aliphatic carbocycles. The molecule has 0 radical (unpaired) electrons. The van der Waals surface area contributed by atoms with E-state index in [1.54, 1.807) is 9.13 Å². The third-order valence-corrected chi connectivity index (χ3v) is 2.82. The van der Waals surface area contributed by atoms with E-state index >= 15 is 0 Å². The number of aryl methyl sites for hydroxylation is 1. The highest BCUT2D eigenvalue weighted by atomic mass is 79.9. The highest BCUT2D eigenvalue weighted by Gasteiger charge is 2.10. The van der Waals surface area contributed by atoms with Gasteiger partial charge in [0.2, 0.25) is 0 Å². The quantitative estimate of drug-likeness (QED) is 0.849. The summed E-state index contributed by atoms with van der Waals surface area (Å²) in [5, 5.41) is 0. The molecule has 1 aromatic carbocycles. The Morgan fingerprint density at radius 1 is 1.31 bits per heavy atom. The van der Waals surface area contributed by atoms with E-state index in [1.165, 1.54) is 0 Å². The molecular formula is C12H13BrN2O. The molecule has 4 heteroatoms. The van der Waals surface area contributed by atoms with E-state index in [-0.39, 0.29) is 5.69 Å². The Hall–Kier alpha value is -1.29. The zero-order valence-electron chi connectivity index (χ0n) is 9.11. The summed E-state index contributed by atoms with van der Waals surface area (Å²) < 4.78 is 4.30. The van der Waals surface area contributed by atoms with E-state index in [9.17, 15) is 4.79 Å². The van der Waals surface area contributed by atoms with Gasteiger partial charge in [0.15, 0.2) is 0 Å². The average molecular weight is 281 g/mol. The van der Waals surface area contributed by atoms with Crippen molar-refractivity contribution < 1.29 is 0 Å². The van der Waals surface area contributed by atoms with Crippen LogP contribution in [0.1, 0.15) is 6.92 Å². The molecule has 16 heavy (non-hydrogen) atoms. The highest BCUT2D eigenvalue weighted by Crippen LogP contribution is 2.15. The average Bonchev–Trinajstić information content (AvgIpc) is 2.52. The third-order valence-electron chi connectivity index (χ3n) is 2.57. The van der Waals surface area contributed by atoms with Crippen LogP contribution in [-0.2, 0) is 13.1 Å². The lowest BCUT2D eigenvalue weighted by Crippen LogP contribution is -2.23. The molecular weight excluding hydrogens is 268 g/mol. The number of aromatic nitrogens is 2. The van der Waals surface area contributed by atoms with Gasteiger partial charge in [0.1, 0.15) is 0 Å². The molecule has 1 aromatic heterocycles. The summed E-state index contributed by atoms with van der Waals surface area (Å²) in [5.41, 5.74) is 1.95. The number of para-hydroxylation sites is 2. The summed E-state index contributed by atoms with van der Waals surface area (Å²) in [4.78, 5) is 12.1. The smallest absolute Gasteiger partial charge is 0.292 e. The minimum absolute atomic E-state index is 0.0179. The van der Waals surface area contributed by atoms with Crippen molar-refractivity contribution in [1.82, 2.24) is 9.13 Å². The van der Waals surface area contributed by atoms with Gasteiger partial charge in [-0.05, 0) is 19.1 Å². The number of halogens is 1. The molecule has 0 atom stereocenters. The Morgan fingerprint density at radius 2 is 1.88 bits per heavy atom. The maximum Gasteiger partial charge on any atom is 0.329 e. The summed E-state index contributed by atoms with van der Waals surface area (Å²) in [6.07, 6.45) is 0. The third kappa shape index (κ3) is 1.73. The minimum Gasteiger partial charge on any atom is -0.292 e. The zero-order valence-corrected chi connectivity index (χ0v) is 10.7. The van der Waals surface area contributed by atoms with E-state index in [0.29, 0.717) is 13.1 Å². The van der Waals surface area contributed by atoms with Crippen LogP contribution in [0.15, 0.2) is 40.1 Å². The predicted molar refractivity (Wildman–Crippen MR) is 69.9 cm³/mol. The molecule has 0 aliphatic rings. The predicted octanol–water partition coefficient (Wildman–Crippen LogP) is 2.73. The van der Waals surface area contributed by atoms with Crippen LogP contribution in [0.5, 0.6) is 0 Å². The van der Waals surface area contributed by atoms with Crippen LogP contribution in [0.25, 0.3) is 11.0 Å². The Kier molecular flexibility index (Phi) is 3.01. The molecule has 2 aromatic rings. The number of rotatable bonds is 3. The number of imidazole rings is 1. The molecule has 1 heterocycles. The molecule has 0 bridgehead atoms. The van der Waals surface area contributed by atoms with Gasteiger partial charge in [0.25, 0.3) is 0 Å². The maximum absolute atomic E-state index is 12.1. The first-order valence-corrected chi connectivity index (χ1v) is 5.95. The second-order valence-electron chi connectivity index (χ2n) is 3.62. The van der Waals surface area contributed by atoms with Gasteiger partial charge >= 0.3 is 5.69 Å². The van der Waals surface area contributed by atoms with Crippen LogP contribution < -0.4 is 5.69 Å². The largest absolute Gasteiger partial charge is 0.329 e. The Labute approximate surface area is 102 Å². The summed E-state index contributed by atoms with van der Waals surface area (Å²) in [7, 11) is 0. The number of fused-ring (bicyclic) bond motifs is 1. The first-order valence-electron chi connectivity index (χ1n) is 5.16. The molecule has 0 saturated carbocycles. The Morgan fingerprint density at radius 3 is 2.38 bits per heavy atom. The molecule has 0 N–H and O–H groups in total. The summed E-state index contributed by atoms with van der Waals surface area (Å²) in [6, 6.07) is 7.81. The van der Waals surface area contributed by atoms with Crippen LogP contribution >= 0.6 is 15.9 Å². The van der Waals surface area contributed by atoms with Gasteiger partial charge in [-0.15, -0.1) is 0 Å². The van der Waals surface area contributed by atoms with Crippen molar-refractivity contribution in [1.29, 1.82) is 0 Å². The standard InChI is InChI=1S/C12H13BrN2O/c1-3-14-10-6-4-5-7-11(10)15(12(14)16)8-9(2)13/h4-7H,2-3,8H2,1H3. The molecule has 0 unspecified atom stereocenters. The molecule has 0 amide bonds. The molecule has 3 nitrogen and oxygen atoms in total. The van der Waals surface area contributed by atoms with Crippen molar-refractivity contribution in [2.75, 3.05) is 0 Å². The number of allylic oxidation sites excluding steroid dienone is 1. The van der Waals surface area contributed by atoms with E-state index in [0.717, 1.165) is 15.5 Å². The van der Waals surface area contributed by atoms with Crippen molar-refractivity contribution in [3.05, 3.63) is 45.8 Å². The van der Waals surface area contributed by atoms with Gasteiger partial charge < -0.3 is 0 Å². The second kappa shape index (κ2) is 4.29. The lowest BCUT2D eigenvalue weighted by atomic mass is 10.3. The number of hydrogen-bond acceptors (Lipinski definition) is 1. The van der Waals surface area contributed by atoms with E-state index in [2.05, 4.69) is 22.5 Å². The van der Waals surface area contributed by atoms with Crippen molar-refractivity contribution >= 4 is 27.0 Å². The lowest BCUT2D eigenvalue weighted by molar-refractivity contribution is 0.689. The second-order valence-corrected chi connectivity index (χ2v) is 4.74. The number of benzene rings is 1. The van der Waals surface area contributed by atoms with Crippen molar-refractivity contribution in [3.8, 4) is 0 Å². The SMILES string of the molecule is C=C(Br)Cn1c(=O)n(CC)c2ccccc21. The monoisotopic (exact) mass is 280 g/mol. The van der Waals surface area contributed by atoms with E-state index < -0.39 is 0 Å². The fourth-order valence-electron chi connectivity index (χ4n) is 1.90. The van der Waals surface area contributed by atoms with Gasteiger partial charge in [-0.1, -0.05) is 34.6 Å². The normalized spacial score (nSPS) is 10.9. The summed E-state index contributed by atoms with van der Waals surface area (Å²) >= 11 is 3.30. The Balaban J connectivity index is 2.77. The first kappa shape index (κ1) is 11.2. The summed E-state index contributed by atoms with van der Waals surface area (Å²) in [6.45, 7) is 6.94. The zero-order chi connectivity index (χ0) is 11.7. The fourth-order valence-corrected chi connectivity index (χ4v) is 2.15. The van der Waals surface area contributed by atoms with Gasteiger partial charge in [0, 0.05) is 11.0 Å².